The first kappa shape index (κ1) is 66.7. The Kier molecular flexibility index (Phi) is 47.7. The lowest BCUT2D eigenvalue weighted by Gasteiger charge is -2.27. The predicted molar refractivity (Wildman–Crippen MR) is 295 cm³/mol. The predicted octanol–water partition coefficient (Wildman–Crippen LogP) is 17.1. The van der Waals surface area contributed by atoms with E-state index in [1.54, 1.807) is 0 Å². The van der Waals surface area contributed by atoms with Crippen LogP contribution in [0.3, 0.4) is 0 Å². The molecule has 0 aliphatic rings. The lowest BCUT2D eigenvalue weighted by atomic mass is 10.0. The monoisotopic (exact) mass is 990 g/mol. The van der Waals surface area contributed by atoms with Gasteiger partial charge in [0.1, 0.15) is 19.3 Å². The van der Waals surface area contributed by atoms with Crippen molar-refractivity contribution in [2.75, 3.05) is 40.9 Å². The number of phosphoric acid groups is 1. The van der Waals surface area contributed by atoms with Crippen molar-refractivity contribution >= 4 is 19.7 Å². The van der Waals surface area contributed by atoms with E-state index in [2.05, 4.69) is 74.7 Å². The van der Waals surface area contributed by atoms with E-state index in [4.69, 9.17) is 13.8 Å². The molecule has 1 amide bonds. The second kappa shape index (κ2) is 49.3. The van der Waals surface area contributed by atoms with E-state index in [1.807, 2.05) is 33.3 Å². The van der Waals surface area contributed by atoms with Crippen LogP contribution in [0.1, 0.15) is 252 Å². The number of rotatable bonds is 51. The fourth-order valence-electron chi connectivity index (χ4n) is 8.01. The first-order valence-corrected chi connectivity index (χ1v) is 30.1. The van der Waals surface area contributed by atoms with Gasteiger partial charge in [-0.2, -0.15) is 0 Å². The van der Waals surface area contributed by atoms with Gasteiger partial charge in [0.2, 0.25) is 5.91 Å². The number of esters is 1. The van der Waals surface area contributed by atoms with Gasteiger partial charge in [0.15, 0.2) is 0 Å². The number of ether oxygens (including phenoxy) is 1. The third-order valence-electron chi connectivity index (χ3n) is 12.4. The molecular weight excluding hydrogens is 880 g/mol. The number of nitrogens with one attached hydrogen (secondary N) is 1. The van der Waals surface area contributed by atoms with E-state index in [9.17, 15) is 19.0 Å². The number of allylic oxidation sites excluding steroid dienone is 9. The molecule has 3 unspecified atom stereocenters. The summed E-state index contributed by atoms with van der Waals surface area (Å²) in [5.74, 6) is -0.535. The Morgan fingerprint density at radius 3 is 1.41 bits per heavy atom. The normalized spacial score (nSPS) is 14.2. The molecule has 0 aromatic heterocycles. The molecule has 0 radical (unpaired) electrons. The molecular formula is C59H110N2O7P+. The van der Waals surface area contributed by atoms with Crippen LogP contribution < -0.4 is 5.32 Å². The number of carbonyl (C=O) groups is 2. The average molecular weight is 991 g/mol. The summed E-state index contributed by atoms with van der Waals surface area (Å²) in [5, 5.41) is 3.03. The molecule has 2 N–H and O–H groups in total. The molecule has 0 heterocycles. The molecule has 0 spiro atoms. The Balaban J connectivity index is 5.38. The quantitative estimate of drug-likeness (QED) is 0.0205. The van der Waals surface area contributed by atoms with Gasteiger partial charge < -0.3 is 19.4 Å². The van der Waals surface area contributed by atoms with Crippen LogP contribution in [0.25, 0.3) is 0 Å². The maximum absolute atomic E-state index is 13.5. The minimum atomic E-state index is -4.45. The molecule has 69 heavy (non-hydrogen) atoms. The van der Waals surface area contributed by atoms with Crippen LogP contribution in [-0.4, -0.2) is 74.3 Å². The number of quaternary nitrogens is 1. The number of hydrogen-bond donors (Lipinski definition) is 2. The van der Waals surface area contributed by atoms with Crippen molar-refractivity contribution in [3.05, 3.63) is 60.8 Å². The summed E-state index contributed by atoms with van der Waals surface area (Å²) < 4.78 is 30.6. The number of nitrogens with zero attached hydrogens (tertiary/aromatic N) is 1. The summed E-state index contributed by atoms with van der Waals surface area (Å²) in [6.45, 7) is 6.87. The van der Waals surface area contributed by atoms with Gasteiger partial charge in [-0.05, 0) is 89.5 Å². The number of likely N-dealkylation sites (N-methyl/N-ethyl adjacent to an activating group) is 1. The van der Waals surface area contributed by atoms with Gasteiger partial charge >= 0.3 is 13.8 Å². The van der Waals surface area contributed by atoms with Crippen molar-refractivity contribution < 1.29 is 37.3 Å². The van der Waals surface area contributed by atoms with Crippen LogP contribution in [0.5, 0.6) is 0 Å². The number of amides is 1. The second-order valence-electron chi connectivity index (χ2n) is 20.4. The van der Waals surface area contributed by atoms with Gasteiger partial charge in [-0.3, -0.25) is 18.6 Å². The van der Waals surface area contributed by atoms with E-state index in [1.165, 1.54) is 116 Å². The van der Waals surface area contributed by atoms with Crippen LogP contribution in [0.15, 0.2) is 60.8 Å². The molecule has 0 saturated heterocycles. The molecule has 0 rings (SSSR count). The Morgan fingerprint density at radius 2 is 0.928 bits per heavy atom. The average Bonchev–Trinajstić information content (AvgIpc) is 3.31. The van der Waals surface area contributed by atoms with E-state index in [-0.39, 0.29) is 31.5 Å². The summed E-state index contributed by atoms with van der Waals surface area (Å²) in [6, 6.07) is -0.861. The molecule has 3 atom stereocenters. The maximum Gasteiger partial charge on any atom is 0.472 e. The number of carbonyl (C=O) groups excluding carboxylic acids is 2. The van der Waals surface area contributed by atoms with Crippen molar-refractivity contribution in [2.24, 2.45) is 0 Å². The lowest BCUT2D eigenvalue weighted by molar-refractivity contribution is -0.870. The first-order valence-electron chi connectivity index (χ1n) is 28.6. The molecule has 402 valence electrons. The zero-order valence-corrected chi connectivity index (χ0v) is 46.7. The second-order valence-corrected chi connectivity index (χ2v) is 21.9. The number of hydrogen-bond acceptors (Lipinski definition) is 6. The van der Waals surface area contributed by atoms with Crippen LogP contribution in [-0.2, 0) is 27.9 Å². The van der Waals surface area contributed by atoms with Crippen molar-refractivity contribution in [1.82, 2.24) is 5.32 Å². The summed E-state index contributed by atoms with van der Waals surface area (Å²) in [4.78, 5) is 37.5. The van der Waals surface area contributed by atoms with Crippen LogP contribution >= 0.6 is 7.82 Å². The molecule has 0 bridgehead atoms. The SMILES string of the molecule is CC/C=C/C/C=C/C/C=C/CCCCCCC(=O)NC(COP(=O)(O)OCC[N+](C)(C)C)C(/C=C/CCCCCCCCCCCC)OC(=O)CCCCCCCCC/C=C/CCCCCCCC. The first-order chi connectivity index (χ1) is 33.4. The van der Waals surface area contributed by atoms with Gasteiger partial charge in [0, 0.05) is 12.8 Å². The maximum atomic E-state index is 13.5. The lowest BCUT2D eigenvalue weighted by Crippen LogP contribution is -2.47. The van der Waals surface area contributed by atoms with Crippen molar-refractivity contribution in [1.29, 1.82) is 0 Å². The Hall–Kier alpha value is -2.29. The third kappa shape index (κ3) is 50.4. The fourth-order valence-corrected chi connectivity index (χ4v) is 8.74. The third-order valence-corrected chi connectivity index (χ3v) is 13.4. The summed E-state index contributed by atoms with van der Waals surface area (Å²) in [7, 11) is 1.47. The zero-order chi connectivity index (χ0) is 50.8. The van der Waals surface area contributed by atoms with Crippen LogP contribution in [0.2, 0.25) is 0 Å². The van der Waals surface area contributed by atoms with Crippen molar-refractivity contribution in [3.8, 4) is 0 Å². The highest BCUT2D eigenvalue weighted by molar-refractivity contribution is 7.47. The smallest absolute Gasteiger partial charge is 0.456 e. The molecule has 10 heteroatoms. The van der Waals surface area contributed by atoms with Gasteiger partial charge in [0.25, 0.3) is 0 Å². The fraction of sp³-hybridized carbons (Fsp3) is 0.797. The van der Waals surface area contributed by atoms with Crippen molar-refractivity contribution in [2.45, 2.75) is 264 Å². The Labute approximate surface area is 426 Å². The van der Waals surface area contributed by atoms with Crippen LogP contribution in [0, 0.1) is 0 Å². The van der Waals surface area contributed by atoms with Gasteiger partial charge in [-0.15, -0.1) is 0 Å². The molecule has 0 aliphatic heterocycles. The van der Waals surface area contributed by atoms with E-state index in [0.29, 0.717) is 17.4 Å². The Bertz CT molecular complexity index is 1370. The van der Waals surface area contributed by atoms with Gasteiger partial charge in [-0.1, -0.05) is 210 Å². The van der Waals surface area contributed by atoms with E-state index >= 15 is 0 Å². The highest BCUT2D eigenvalue weighted by atomic mass is 31.2. The highest BCUT2D eigenvalue weighted by Crippen LogP contribution is 2.43. The topological polar surface area (TPSA) is 111 Å². The Morgan fingerprint density at radius 1 is 0.522 bits per heavy atom. The van der Waals surface area contributed by atoms with Crippen LogP contribution in [0.4, 0.5) is 0 Å². The van der Waals surface area contributed by atoms with Gasteiger partial charge in [-0.25, -0.2) is 4.57 Å². The molecule has 0 fully saturated rings. The zero-order valence-electron chi connectivity index (χ0n) is 45.8. The molecule has 0 aliphatic carbocycles. The molecule has 0 aromatic carbocycles. The van der Waals surface area contributed by atoms with Gasteiger partial charge in [0.05, 0.1) is 33.8 Å². The largest absolute Gasteiger partial charge is 0.472 e. The van der Waals surface area contributed by atoms with Crippen molar-refractivity contribution in [3.63, 3.8) is 0 Å². The summed E-state index contributed by atoms with van der Waals surface area (Å²) >= 11 is 0. The minimum Gasteiger partial charge on any atom is -0.456 e. The van der Waals surface area contributed by atoms with E-state index < -0.39 is 20.0 Å². The molecule has 9 nitrogen and oxygen atoms in total. The summed E-state index contributed by atoms with van der Waals surface area (Å²) in [5.41, 5.74) is 0. The number of unbranched alkanes of at least 4 members (excludes halogenated alkanes) is 27. The number of phosphoric ester groups is 1. The summed E-state index contributed by atoms with van der Waals surface area (Å²) in [6.07, 6.45) is 60.7. The standard InChI is InChI=1S/C59H109N2O7P/c1-7-10-13-16-19-22-25-28-30-31-32-34-37-40-43-46-49-52-59(63)68-57(50-47-44-41-38-35-27-24-21-18-15-12-9-3)56(55-67-69(64,65)66-54-53-61(4,5)6)60-58(62)51-48-45-42-39-36-33-29-26-23-20-17-14-11-8-2/h11,14,20,23,28-30,33,47,50,56-57H,7-10,12-13,15-19,21-22,24-27,31-32,34-46,48-49,51-55H2,1-6H3,(H-,60,62,64,65)/p+1/b14-11+,23-20+,30-28+,33-29+,50-47+. The molecule has 0 aromatic rings. The highest BCUT2D eigenvalue weighted by Gasteiger charge is 2.30. The van der Waals surface area contributed by atoms with E-state index in [0.717, 1.165) is 103 Å². The minimum absolute atomic E-state index is 0.0337. The molecule has 0 saturated carbocycles.